The smallest absolute Gasteiger partial charge is 0.387 e. The zero-order valence-electron chi connectivity index (χ0n) is 15.4. The van der Waals surface area contributed by atoms with Crippen LogP contribution >= 0.6 is 0 Å². The molecule has 150 valence electrons. The first-order chi connectivity index (χ1) is 13.2. The summed E-state index contributed by atoms with van der Waals surface area (Å²) in [6.45, 7) is -2.52. The van der Waals surface area contributed by atoms with Gasteiger partial charge in [-0.15, -0.1) is 0 Å². The van der Waals surface area contributed by atoms with Gasteiger partial charge >= 0.3 is 6.61 Å². The Bertz CT molecular complexity index is 993. The zero-order valence-corrected chi connectivity index (χ0v) is 16.2. The molecule has 1 amide bonds. The number of hydrogen-bond acceptors (Lipinski definition) is 4. The van der Waals surface area contributed by atoms with Crippen LogP contribution in [0.5, 0.6) is 5.75 Å². The molecule has 0 aliphatic carbocycles. The van der Waals surface area contributed by atoms with Gasteiger partial charge < -0.3 is 9.64 Å². The molecule has 0 N–H and O–H groups in total. The lowest BCUT2D eigenvalue weighted by atomic mass is 10.0. The first kappa shape index (κ1) is 20.2. The first-order valence-corrected chi connectivity index (χ1v) is 10.1. The number of halogens is 2. The quantitative estimate of drug-likeness (QED) is 0.760. The van der Waals surface area contributed by atoms with Crippen molar-refractivity contribution in [3.8, 4) is 5.75 Å². The van der Waals surface area contributed by atoms with Gasteiger partial charge in [0.2, 0.25) is 10.0 Å². The number of carbonyl (C=O) groups excluding carboxylic acids is 1. The number of anilines is 1. The number of ether oxygens (including phenoxy) is 1. The molecule has 2 aromatic rings. The number of benzene rings is 2. The number of rotatable bonds is 5. The summed E-state index contributed by atoms with van der Waals surface area (Å²) in [4.78, 5) is 14.6. The summed E-state index contributed by atoms with van der Waals surface area (Å²) in [6, 6.07) is 10.3. The van der Waals surface area contributed by atoms with Crippen molar-refractivity contribution in [2.45, 2.75) is 24.3 Å². The number of nitrogens with zero attached hydrogens (tertiary/aromatic N) is 2. The summed E-state index contributed by atoms with van der Waals surface area (Å²) in [6.07, 6.45) is 1.31. The Balaban J connectivity index is 1.93. The number of fused-ring (bicyclic) bond motifs is 1. The van der Waals surface area contributed by atoms with Crippen molar-refractivity contribution in [2.24, 2.45) is 0 Å². The largest absolute Gasteiger partial charge is 0.435 e. The molecule has 0 bridgehead atoms. The molecule has 6 nitrogen and oxygen atoms in total. The molecule has 0 aromatic heterocycles. The van der Waals surface area contributed by atoms with Crippen molar-refractivity contribution < 1.29 is 26.7 Å². The van der Waals surface area contributed by atoms with Crippen molar-refractivity contribution in [1.29, 1.82) is 0 Å². The van der Waals surface area contributed by atoms with Crippen LogP contribution in [0, 0.1) is 0 Å². The van der Waals surface area contributed by atoms with Gasteiger partial charge in [0.25, 0.3) is 5.91 Å². The Morgan fingerprint density at radius 1 is 1.18 bits per heavy atom. The van der Waals surface area contributed by atoms with Crippen molar-refractivity contribution in [1.82, 2.24) is 4.31 Å². The molecule has 9 heteroatoms. The molecule has 0 unspecified atom stereocenters. The summed E-state index contributed by atoms with van der Waals surface area (Å²) in [5.41, 5.74) is 1.59. The Kier molecular flexibility index (Phi) is 5.66. The molecule has 0 saturated carbocycles. The van der Waals surface area contributed by atoms with Crippen molar-refractivity contribution >= 4 is 21.6 Å². The zero-order chi connectivity index (χ0) is 20.5. The average molecular weight is 410 g/mol. The highest BCUT2D eigenvalue weighted by molar-refractivity contribution is 7.89. The predicted molar refractivity (Wildman–Crippen MR) is 100 cm³/mol. The number of alkyl halides is 2. The number of sulfonamides is 1. The Morgan fingerprint density at radius 3 is 2.61 bits per heavy atom. The molecular formula is C19H20F2N2O4S. The standard InChI is InChI=1S/C19H20F2N2O4S/c1-22(2)28(25,26)16-8-9-17-13(12-16)6-4-10-23(17)18(24)14-5-3-7-15(11-14)27-19(20)21/h3,5,7-9,11-12,19H,4,6,10H2,1-2H3. The second-order valence-electron chi connectivity index (χ2n) is 6.54. The maximum absolute atomic E-state index is 12.9. The van der Waals surface area contributed by atoms with Crippen LogP contribution in [0.25, 0.3) is 0 Å². The van der Waals surface area contributed by atoms with E-state index in [0.717, 1.165) is 9.87 Å². The van der Waals surface area contributed by atoms with Gasteiger partial charge in [0, 0.05) is 31.9 Å². The molecule has 0 atom stereocenters. The van der Waals surface area contributed by atoms with Crippen LogP contribution in [0.3, 0.4) is 0 Å². The average Bonchev–Trinajstić information content (AvgIpc) is 2.66. The van der Waals surface area contributed by atoms with E-state index >= 15 is 0 Å². The highest BCUT2D eigenvalue weighted by Crippen LogP contribution is 2.31. The molecule has 28 heavy (non-hydrogen) atoms. The van der Waals surface area contributed by atoms with Crippen LogP contribution < -0.4 is 9.64 Å². The minimum atomic E-state index is -3.58. The molecule has 0 radical (unpaired) electrons. The minimum absolute atomic E-state index is 0.0921. The van der Waals surface area contributed by atoms with E-state index in [9.17, 15) is 22.0 Å². The SMILES string of the molecule is CN(C)S(=O)(=O)c1ccc2c(c1)CCCN2C(=O)c1cccc(OC(F)F)c1. The van der Waals surface area contributed by atoms with Crippen LogP contribution in [-0.2, 0) is 16.4 Å². The van der Waals surface area contributed by atoms with Crippen molar-refractivity contribution in [2.75, 3.05) is 25.5 Å². The van der Waals surface area contributed by atoms with Gasteiger partial charge in [-0.05, 0) is 54.8 Å². The van der Waals surface area contributed by atoms with Gasteiger partial charge in [-0.25, -0.2) is 12.7 Å². The molecule has 3 rings (SSSR count). The predicted octanol–water partition coefficient (Wildman–Crippen LogP) is 3.13. The molecule has 0 spiro atoms. The van der Waals surface area contributed by atoms with Crippen molar-refractivity contribution in [3.05, 3.63) is 53.6 Å². The second-order valence-corrected chi connectivity index (χ2v) is 8.70. The lowest BCUT2D eigenvalue weighted by Gasteiger charge is -2.30. The minimum Gasteiger partial charge on any atom is -0.435 e. The van der Waals surface area contributed by atoms with E-state index in [1.54, 1.807) is 12.1 Å². The molecule has 1 aliphatic heterocycles. The van der Waals surface area contributed by atoms with E-state index in [0.29, 0.717) is 25.1 Å². The third-order valence-corrected chi connectivity index (χ3v) is 6.31. The summed E-state index contributed by atoms with van der Waals surface area (Å²) in [5, 5.41) is 0. The van der Waals surface area contributed by atoms with Gasteiger partial charge in [0.15, 0.2) is 0 Å². The highest BCUT2D eigenvalue weighted by atomic mass is 32.2. The maximum atomic E-state index is 12.9. The Hall–Kier alpha value is -2.52. The lowest BCUT2D eigenvalue weighted by molar-refractivity contribution is -0.0498. The van der Waals surface area contributed by atoms with E-state index in [2.05, 4.69) is 4.74 Å². The van der Waals surface area contributed by atoms with Crippen LogP contribution in [-0.4, -0.2) is 45.9 Å². The topological polar surface area (TPSA) is 66.9 Å². The molecular weight excluding hydrogens is 390 g/mol. The number of hydrogen-bond donors (Lipinski definition) is 0. The van der Waals surface area contributed by atoms with E-state index in [-0.39, 0.29) is 22.1 Å². The maximum Gasteiger partial charge on any atom is 0.387 e. The normalized spacial score (nSPS) is 14.3. The molecule has 0 fully saturated rings. The summed E-state index contributed by atoms with van der Waals surface area (Å²) in [7, 11) is -0.660. The third-order valence-electron chi connectivity index (χ3n) is 4.50. The highest BCUT2D eigenvalue weighted by Gasteiger charge is 2.26. The van der Waals surface area contributed by atoms with Crippen LogP contribution in [0.15, 0.2) is 47.4 Å². The van der Waals surface area contributed by atoms with Gasteiger partial charge in [0.05, 0.1) is 4.90 Å². The van der Waals surface area contributed by atoms with Gasteiger partial charge in [0.1, 0.15) is 5.75 Å². The molecule has 1 aliphatic rings. The van der Waals surface area contributed by atoms with Crippen LogP contribution in [0.4, 0.5) is 14.5 Å². The van der Waals surface area contributed by atoms with E-state index in [1.807, 2.05) is 0 Å². The van der Waals surface area contributed by atoms with E-state index in [1.165, 1.54) is 49.3 Å². The number of amides is 1. The summed E-state index contributed by atoms with van der Waals surface area (Å²) in [5.74, 6) is -0.450. The summed E-state index contributed by atoms with van der Waals surface area (Å²) >= 11 is 0. The van der Waals surface area contributed by atoms with Crippen molar-refractivity contribution in [3.63, 3.8) is 0 Å². The van der Waals surface area contributed by atoms with Gasteiger partial charge in [-0.2, -0.15) is 8.78 Å². The first-order valence-electron chi connectivity index (χ1n) is 8.62. The van der Waals surface area contributed by atoms with E-state index in [4.69, 9.17) is 0 Å². The lowest BCUT2D eigenvalue weighted by Crippen LogP contribution is -2.35. The van der Waals surface area contributed by atoms with E-state index < -0.39 is 16.6 Å². The Labute approximate surface area is 162 Å². The monoisotopic (exact) mass is 410 g/mol. The molecule has 0 saturated heterocycles. The molecule has 1 heterocycles. The third kappa shape index (κ3) is 4.00. The Morgan fingerprint density at radius 2 is 1.93 bits per heavy atom. The van der Waals surface area contributed by atoms with Crippen LogP contribution in [0.1, 0.15) is 22.3 Å². The molecule has 2 aromatic carbocycles. The fourth-order valence-electron chi connectivity index (χ4n) is 3.12. The fraction of sp³-hybridized carbons (Fsp3) is 0.316. The second kappa shape index (κ2) is 7.84. The van der Waals surface area contributed by atoms with Gasteiger partial charge in [-0.3, -0.25) is 4.79 Å². The number of carbonyl (C=O) groups is 1. The van der Waals surface area contributed by atoms with Crippen LogP contribution in [0.2, 0.25) is 0 Å². The number of aryl methyl sites for hydroxylation is 1. The summed E-state index contributed by atoms with van der Waals surface area (Å²) < 4.78 is 55.0. The fourth-order valence-corrected chi connectivity index (χ4v) is 4.07. The van der Waals surface area contributed by atoms with Gasteiger partial charge in [-0.1, -0.05) is 6.07 Å².